The Morgan fingerprint density at radius 3 is 2.50 bits per heavy atom. The molecule has 0 atom stereocenters. The molecule has 0 heterocycles. The van der Waals surface area contributed by atoms with E-state index in [0.29, 0.717) is 5.56 Å². The van der Waals surface area contributed by atoms with Gasteiger partial charge < -0.3 is 0 Å². The predicted molar refractivity (Wildman–Crippen MR) is 94.1 cm³/mol. The number of nitrogens with one attached hydrogen (secondary N) is 2. The average Bonchev–Trinajstić information content (AvgIpc) is 2.65. The van der Waals surface area contributed by atoms with E-state index in [1.54, 1.807) is 18.2 Å². The van der Waals surface area contributed by atoms with Crippen molar-refractivity contribution in [3.05, 3.63) is 82.8 Å². The minimum absolute atomic E-state index is 0.220. The highest BCUT2D eigenvalue weighted by atomic mass is 16.3. The first-order valence-electron chi connectivity index (χ1n) is 7.50. The summed E-state index contributed by atoms with van der Waals surface area (Å²) in [5.74, 6) is -0.333. The summed E-state index contributed by atoms with van der Waals surface area (Å²) < 4.78 is 0. The van der Waals surface area contributed by atoms with Crippen LogP contribution in [-0.4, -0.2) is 11.6 Å². The van der Waals surface area contributed by atoms with Crippen molar-refractivity contribution in [2.24, 2.45) is 5.18 Å². The maximum absolute atomic E-state index is 12.1. The Morgan fingerprint density at radius 1 is 0.917 bits per heavy atom. The molecule has 118 valence electrons. The van der Waals surface area contributed by atoms with E-state index in [9.17, 15) is 9.70 Å². The van der Waals surface area contributed by atoms with Crippen LogP contribution in [0.3, 0.4) is 0 Å². The number of hydrogen-bond donors (Lipinski definition) is 2. The van der Waals surface area contributed by atoms with E-state index >= 15 is 0 Å². The first kappa shape index (κ1) is 15.6. The summed E-state index contributed by atoms with van der Waals surface area (Å²) in [6, 6.07) is 20.4. The summed E-state index contributed by atoms with van der Waals surface area (Å²) in [6.07, 6.45) is 0. The van der Waals surface area contributed by atoms with Crippen LogP contribution in [-0.2, 0) is 0 Å². The lowest BCUT2D eigenvalue weighted by Crippen LogP contribution is -2.84. The Kier molecular flexibility index (Phi) is 4.43. The predicted octanol–water partition coefficient (Wildman–Crippen LogP) is 2.47. The Morgan fingerprint density at radius 2 is 1.71 bits per heavy atom. The van der Waals surface area contributed by atoms with Crippen LogP contribution in [0.25, 0.3) is 10.8 Å². The molecule has 5 heteroatoms. The molecule has 0 saturated carbocycles. The third kappa shape index (κ3) is 3.35. The summed E-state index contributed by atoms with van der Waals surface area (Å²) in [5.41, 5.74) is 5.02. The summed E-state index contributed by atoms with van der Waals surface area (Å²) in [4.78, 5) is 22.7. The van der Waals surface area contributed by atoms with Crippen LogP contribution in [0, 0.1) is 4.91 Å². The minimum Gasteiger partial charge on any atom is -0.264 e. The van der Waals surface area contributed by atoms with Gasteiger partial charge in [0.05, 0.1) is 0 Å². The Hall–Kier alpha value is -3.34. The number of hydrogen-bond acceptors (Lipinski definition) is 3. The molecule has 0 aliphatic carbocycles. The van der Waals surface area contributed by atoms with Gasteiger partial charge in [-0.05, 0) is 46.3 Å². The second kappa shape index (κ2) is 6.83. The zero-order valence-electron chi connectivity index (χ0n) is 13.1. The Bertz CT molecular complexity index is 948. The zero-order valence-corrected chi connectivity index (χ0v) is 13.1. The van der Waals surface area contributed by atoms with Gasteiger partial charge in [-0.1, -0.05) is 36.4 Å². The first-order chi connectivity index (χ1) is 11.7. The number of nitrogens with zero attached hydrogens (tertiary/aromatic N) is 1. The quantitative estimate of drug-likeness (QED) is 0.441. The van der Waals surface area contributed by atoms with Gasteiger partial charge in [0.1, 0.15) is 5.69 Å². The number of hydrazine groups is 1. The van der Waals surface area contributed by atoms with Gasteiger partial charge in [-0.15, -0.1) is 15.4 Å². The van der Waals surface area contributed by atoms with Gasteiger partial charge in [0.15, 0.2) is 0 Å². The molecule has 0 bridgehead atoms. The largest absolute Gasteiger partial charge is 0.304 e. The first-order valence-corrected chi connectivity index (χ1v) is 7.50. The van der Waals surface area contributed by atoms with Crippen molar-refractivity contribution in [2.75, 3.05) is 0 Å². The number of fused-ring (bicyclic) bond motifs is 1. The maximum Gasteiger partial charge on any atom is 0.304 e. The van der Waals surface area contributed by atoms with Crippen LogP contribution in [0.1, 0.15) is 22.8 Å². The lowest BCUT2D eigenvalue weighted by molar-refractivity contribution is -0.508. The lowest BCUT2D eigenvalue weighted by atomic mass is 10.0. The van der Waals surface area contributed by atoms with Crippen LogP contribution in [0.2, 0.25) is 0 Å². The smallest absolute Gasteiger partial charge is 0.264 e. The highest BCUT2D eigenvalue weighted by Crippen LogP contribution is 2.15. The molecular weight excluding hydrogens is 302 g/mol. The molecule has 3 aromatic carbocycles. The number of nitroso groups, excluding NO2 is 1. The molecule has 0 radical (unpaired) electrons. The minimum atomic E-state index is -0.333. The van der Waals surface area contributed by atoms with Crippen LogP contribution in [0.4, 0.5) is 5.69 Å². The fourth-order valence-corrected chi connectivity index (χ4v) is 2.42. The normalized spacial score (nSPS) is 11.3. The fourth-order valence-electron chi connectivity index (χ4n) is 2.42. The van der Waals surface area contributed by atoms with Gasteiger partial charge in [-0.2, -0.15) is 0 Å². The Labute approximate surface area is 139 Å². The van der Waals surface area contributed by atoms with Crippen molar-refractivity contribution in [3.8, 4) is 0 Å². The molecule has 3 rings (SSSR count). The Balaban J connectivity index is 1.79. The molecule has 2 N–H and O–H groups in total. The van der Waals surface area contributed by atoms with E-state index < -0.39 is 0 Å². The molecule has 0 fully saturated rings. The van der Waals surface area contributed by atoms with Crippen LogP contribution < -0.4 is 10.5 Å². The fraction of sp³-hybridized carbons (Fsp3) is 0.0526. The standard InChI is InChI=1S/C19H15N3O2/c1-13(15-10-9-14-5-2-3-6-16(14)11-15)20-21-19(23)17-7-4-8-18(12-17)22-24/h2-12H,1H3,(H,21,23)/p+1/b20-13+. The number of amides is 1. The maximum atomic E-state index is 12.1. The second-order valence-electron chi connectivity index (χ2n) is 5.41. The van der Waals surface area contributed by atoms with Crippen molar-refractivity contribution in [1.82, 2.24) is 5.43 Å². The third-order valence-corrected chi connectivity index (χ3v) is 3.76. The van der Waals surface area contributed by atoms with E-state index in [1.807, 2.05) is 37.3 Å². The highest BCUT2D eigenvalue weighted by Gasteiger charge is 2.10. The molecule has 5 nitrogen and oxygen atoms in total. The van der Waals surface area contributed by atoms with Gasteiger partial charge in [0.25, 0.3) is 0 Å². The van der Waals surface area contributed by atoms with Crippen LogP contribution in [0.15, 0.2) is 71.9 Å². The number of hydrazone groups is 1. The molecule has 1 amide bonds. The molecule has 3 aromatic rings. The number of carbonyl (C=O) groups excluding carboxylic acids is 1. The van der Waals surface area contributed by atoms with Gasteiger partial charge in [-0.25, -0.2) is 0 Å². The lowest BCUT2D eigenvalue weighted by Gasteiger charge is -2.01. The molecule has 0 aliphatic heterocycles. The highest BCUT2D eigenvalue weighted by molar-refractivity contribution is 5.99. The summed E-state index contributed by atoms with van der Waals surface area (Å²) in [5, 5.41) is 8.03. The zero-order chi connectivity index (χ0) is 16.9. The van der Waals surface area contributed by atoms with Gasteiger partial charge in [0.2, 0.25) is 5.71 Å². The van der Waals surface area contributed by atoms with Gasteiger partial charge in [0, 0.05) is 18.1 Å². The van der Waals surface area contributed by atoms with E-state index in [0.717, 1.165) is 22.0 Å². The number of benzene rings is 3. The summed E-state index contributed by atoms with van der Waals surface area (Å²) in [6.45, 7) is 1.88. The van der Waals surface area contributed by atoms with Crippen molar-refractivity contribution in [3.63, 3.8) is 0 Å². The van der Waals surface area contributed by atoms with E-state index in [4.69, 9.17) is 0 Å². The summed E-state index contributed by atoms with van der Waals surface area (Å²) >= 11 is 0. The monoisotopic (exact) mass is 318 g/mol. The second-order valence-corrected chi connectivity index (χ2v) is 5.41. The van der Waals surface area contributed by atoms with Gasteiger partial charge >= 0.3 is 5.91 Å². The SMILES string of the molecule is C/C(=[NH+]\NC(=O)c1cccc(N=O)c1)c1ccc2ccccc2c1. The van der Waals surface area contributed by atoms with Crippen LogP contribution in [0.5, 0.6) is 0 Å². The molecular formula is C19H16N3O2+. The molecule has 0 saturated heterocycles. The third-order valence-electron chi connectivity index (χ3n) is 3.76. The van der Waals surface area contributed by atoms with Crippen molar-refractivity contribution < 1.29 is 9.90 Å². The average molecular weight is 318 g/mol. The number of rotatable bonds is 4. The van der Waals surface area contributed by atoms with E-state index in [-0.39, 0.29) is 11.6 Å². The van der Waals surface area contributed by atoms with Gasteiger partial charge in [-0.3, -0.25) is 4.79 Å². The molecule has 0 aromatic heterocycles. The number of carbonyl (C=O) groups is 1. The summed E-state index contributed by atoms with van der Waals surface area (Å²) in [7, 11) is 0. The molecule has 0 spiro atoms. The van der Waals surface area contributed by atoms with Crippen molar-refractivity contribution in [1.29, 1.82) is 0 Å². The topological polar surface area (TPSA) is 72.5 Å². The molecule has 24 heavy (non-hydrogen) atoms. The van der Waals surface area contributed by atoms with Crippen molar-refractivity contribution in [2.45, 2.75) is 6.92 Å². The molecule has 0 aliphatic rings. The van der Waals surface area contributed by atoms with Crippen LogP contribution >= 0.6 is 0 Å². The van der Waals surface area contributed by atoms with E-state index in [2.05, 4.69) is 27.8 Å². The van der Waals surface area contributed by atoms with Crippen molar-refractivity contribution >= 4 is 28.1 Å². The van der Waals surface area contributed by atoms with E-state index in [1.165, 1.54) is 6.07 Å². The molecule has 0 unspecified atom stereocenters.